The maximum Gasteiger partial charge on any atom is 0.229 e. The van der Waals surface area contributed by atoms with E-state index in [1.165, 1.54) is 6.08 Å². The second-order valence-corrected chi connectivity index (χ2v) is 8.82. The van der Waals surface area contributed by atoms with Gasteiger partial charge in [-0.25, -0.2) is 9.37 Å². The molecule has 1 heterocycles. The van der Waals surface area contributed by atoms with E-state index in [1.807, 2.05) is 6.08 Å². The molecule has 0 aliphatic heterocycles. The molecule has 6 heteroatoms. The number of aryl methyl sites for hydroxylation is 1. The Morgan fingerprint density at radius 3 is 2.87 bits per heavy atom. The highest BCUT2D eigenvalue weighted by Crippen LogP contribution is 2.39. The fourth-order valence-electron chi connectivity index (χ4n) is 4.36. The lowest BCUT2D eigenvalue weighted by Crippen LogP contribution is -2.26. The minimum absolute atomic E-state index is 0.149. The number of anilines is 1. The number of fused-ring (bicyclic) bond motifs is 3. The largest absolute Gasteiger partial charge is 0.399 e. The molecule has 4 rings (SSSR count). The molecule has 0 aromatic carbocycles. The number of carbonyl (C=O) groups is 1. The first-order valence-electron chi connectivity index (χ1n) is 10.8. The zero-order valence-electron chi connectivity index (χ0n) is 17.6. The van der Waals surface area contributed by atoms with Crippen molar-refractivity contribution in [3.63, 3.8) is 0 Å². The highest BCUT2D eigenvalue weighted by Gasteiger charge is 2.32. The first-order chi connectivity index (χ1) is 14.4. The fourth-order valence-corrected chi connectivity index (χ4v) is 4.36. The van der Waals surface area contributed by atoms with Crippen LogP contribution in [0.5, 0.6) is 0 Å². The zero-order valence-corrected chi connectivity index (χ0v) is 17.6. The van der Waals surface area contributed by atoms with Crippen molar-refractivity contribution < 1.29 is 9.18 Å². The molecule has 1 aromatic heterocycles. The van der Waals surface area contributed by atoms with Crippen LogP contribution in [0.15, 0.2) is 47.7 Å². The number of allylic oxidation sites excluding steroid dienone is 6. The SMILES string of the molecule is CC(C)Cc1nc2c(nc1NC(=O)CC1=CCC(F)C=C1)CCC1C=C(N)C=CC21. The third-order valence-electron chi connectivity index (χ3n) is 5.81. The average Bonchev–Trinajstić information content (AvgIpc) is 2.69. The van der Waals surface area contributed by atoms with Gasteiger partial charge in [0.1, 0.15) is 6.17 Å². The summed E-state index contributed by atoms with van der Waals surface area (Å²) in [5.74, 6) is 1.34. The van der Waals surface area contributed by atoms with Crippen LogP contribution in [0.4, 0.5) is 10.2 Å². The normalized spacial score (nSPS) is 24.7. The third kappa shape index (κ3) is 4.53. The highest BCUT2D eigenvalue weighted by atomic mass is 19.1. The van der Waals surface area contributed by atoms with Gasteiger partial charge in [0.05, 0.1) is 23.5 Å². The van der Waals surface area contributed by atoms with E-state index in [2.05, 4.69) is 31.3 Å². The molecule has 0 radical (unpaired) electrons. The topological polar surface area (TPSA) is 80.9 Å². The van der Waals surface area contributed by atoms with Crippen molar-refractivity contribution >= 4 is 11.7 Å². The number of hydrogen-bond acceptors (Lipinski definition) is 4. The van der Waals surface area contributed by atoms with Gasteiger partial charge in [-0.05, 0) is 42.7 Å². The van der Waals surface area contributed by atoms with Crippen molar-refractivity contribution in [3.8, 4) is 0 Å². The Bertz CT molecular complexity index is 960. The molecule has 1 amide bonds. The molecule has 3 aliphatic carbocycles. The zero-order chi connectivity index (χ0) is 21.3. The molecule has 0 saturated heterocycles. The number of amides is 1. The molecule has 0 bridgehead atoms. The van der Waals surface area contributed by atoms with E-state index in [0.29, 0.717) is 24.1 Å². The summed E-state index contributed by atoms with van der Waals surface area (Å²) in [5, 5.41) is 2.97. The number of nitrogens with two attached hydrogens (primary N) is 1. The molecule has 3 aliphatic rings. The average molecular weight is 409 g/mol. The minimum atomic E-state index is -0.955. The van der Waals surface area contributed by atoms with Gasteiger partial charge in [-0.3, -0.25) is 9.78 Å². The van der Waals surface area contributed by atoms with Crippen molar-refractivity contribution in [2.24, 2.45) is 17.6 Å². The van der Waals surface area contributed by atoms with Gasteiger partial charge in [0.25, 0.3) is 0 Å². The lowest BCUT2D eigenvalue weighted by atomic mass is 9.76. The van der Waals surface area contributed by atoms with E-state index >= 15 is 0 Å². The Morgan fingerprint density at radius 1 is 1.30 bits per heavy atom. The molecule has 1 aromatic rings. The number of aromatic nitrogens is 2. The quantitative estimate of drug-likeness (QED) is 0.762. The number of halogens is 1. The Balaban J connectivity index is 1.58. The van der Waals surface area contributed by atoms with Gasteiger partial charge in [-0.15, -0.1) is 0 Å². The number of nitrogens with one attached hydrogen (secondary N) is 1. The van der Waals surface area contributed by atoms with Crippen molar-refractivity contribution in [2.45, 2.75) is 58.0 Å². The monoisotopic (exact) mass is 408 g/mol. The number of carbonyl (C=O) groups excluding carboxylic acids is 1. The number of hydrogen-bond donors (Lipinski definition) is 2. The molecule has 5 nitrogen and oxygen atoms in total. The van der Waals surface area contributed by atoms with Crippen molar-refractivity contribution in [1.82, 2.24) is 9.97 Å². The predicted octanol–water partition coefficient (Wildman–Crippen LogP) is 4.29. The summed E-state index contributed by atoms with van der Waals surface area (Å²) in [4.78, 5) is 22.5. The molecule has 0 saturated carbocycles. The Labute approximate surface area is 177 Å². The van der Waals surface area contributed by atoms with Crippen molar-refractivity contribution in [3.05, 3.63) is 64.8 Å². The summed E-state index contributed by atoms with van der Waals surface area (Å²) >= 11 is 0. The number of nitrogens with zero attached hydrogens (tertiary/aromatic N) is 2. The van der Waals surface area contributed by atoms with Gasteiger partial charge in [-0.1, -0.05) is 44.2 Å². The second-order valence-electron chi connectivity index (χ2n) is 8.82. The summed E-state index contributed by atoms with van der Waals surface area (Å²) in [6.07, 6.45) is 13.3. The standard InChI is InChI=1S/C24H29FN4O/c1-14(2)11-21-24(29-22(30)12-15-3-6-17(25)7-4-15)28-20-10-5-16-13-18(26)8-9-19(16)23(20)27-21/h3-4,6,8-9,13-14,16-17,19H,5,7,10-12,26H2,1-2H3,(H,28,29,30). The van der Waals surface area contributed by atoms with Gasteiger partial charge in [0, 0.05) is 18.0 Å². The highest BCUT2D eigenvalue weighted by molar-refractivity contribution is 5.92. The molecule has 3 N–H and O–H groups in total. The summed E-state index contributed by atoms with van der Waals surface area (Å²) in [7, 11) is 0. The minimum Gasteiger partial charge on any atom is -0.399 e. The van der Waals surface area contributed by atoms with E-state index in [4.69, 9.17) is 15.7 Å². The van der Waals surface area contributed by atoms with Gasteiger partial charge in [0.15, 0.2) is 5.82 Å². The van der Waals surface area contributed by atoms with Crippen LogP contribution in [0.1, 0.15) is 56.1 Å². The maximum absolute atomic E-state index is 13.3. The van der Waals surface area contributed by atoms with Crippen LogP contribution in [-0.4, -0.2) is 22.0 Å². The molecule has 3 atom stereocenters. The van der Waals surface area contributed by atoms with Crippen molar-refractivity contribution in [1.29, 1.82) is 0 Å². The molecule has 3 unspecified atom stereocenters. The Morgan fingerprint density at radius 2 is 2.13 bits per heavy atom. The first kappa shape index (κ1) is 20.5. The predicted molar refractivity (Wildman–Crippen MR) is 117 cm³/mol. The third-order valence-corrected chi connectivity index (χ3v) is 5.81. The summed E-state index contributed by atoms with van der Waals surface area (Å²) in [5.41, 5.74) is 10.4. The summed E-state index contributed by atoms with van der Waals surface area (Å²) in [6.45, 7) is 4.26. The smallest absolute Gasteiger partial charge is 0.229 e. The Kier molecular flexibility index (Phi) is 5.84. The van der Waals surface area contributed by atoms with Crippen LogP contribution in [0.2, 0.25) is 0 Å². The molecule has 158 valence electrons. The molecular weight excluding hydrogens is 379 g/mol. The molecule has 30 heavy (non-hydrogen) atoms. The molecule has 0 spiro atoms. The van der Waals surface area contributed by atoms with E-state index in [9.17, 15) is 9.18 Å². The van der Waals surface area contributed by atoms with E-state index in [-0.39, 0.29) is 18.2 Å². The lowest BCUT2D eigenvalue weighted by Gasteiger charge is -2.31. The van der Waals surface area contributed by atoms with Gasteiger partial charge >= 0.3 is 0 Å². The van der Waals surface area contributed by atoms with Crippen molar-refractivity contribution in [2.75, 3.05) is 5.32 Å². The number of rotatable bonds is 5. The van der Waals surface area contributed by atoms with Gasteiger partial charge < -0.3 is 11.1 Å². The second kappa shape index (κ2) is 8.54. The molecular formula is C24H29FN4O. The maximum atomic E-state index is 13.3. The van der Waals surface area contributed by atoms with Crippen LogP contribution in [0.3, 0.4) is 0 Å². The fraction of sp³-hybridized carbons (Fsp3) is 0.458. The van der Waals surface area contributed by atoms with Gasteiger partial charge in [-0.2, -0.15) is 0 Å². The molecule has 0 fully saturated rings. The first-order valence-corrected chi connectivity index (χ1v) is 10.8. The van der Waals surface area contributed by atoms with E-state index < -0.39 is 6.17 Å². The summed E-state index contributed by atoms with van der Waals surface area (Å²) < 4.78 is 13.3. The van der Waals surface area contributed by atoms with Crippen LogP contribution in [-0.2, 0) is 17.6 Å². The van der Waals surface area contributed by atoms with Crippen LogP contribution < -0.4 is 11.1 Å². The van der Waals surface area contributed by atoms with Crippen LogP contribution in [0.25, 0.3) is 0 Å². The summed E-state index contributed by atoms with van der Waals surface area (Å²) in [6, 6.07) is 0. The number of alkyl halides is 1. The van der Waals surface area contributed by atoms with E-state index in [1.54, 1.807) is 12.2 Å². The van der Waals surface area contributed by atoms with Crippen LogP contribution in [0, 0.1) is 11.8 Å². The van der Waals surface area contributed by atoms with Crippen LogP contribution >= 0.6 is 0 Å². The lowest BCUT2D eigenvalue weighted by molar-refractivity contribution is -0.115. The Hall–Kier alpha value is -2.76. The van der Waals surface area contributed by atoms with Gasteiger partial charge in [0.2, 0.25) is 5.91 Å². The van der Waals surface area contributed by atoms with E-state index in [0.717, 1.165) is 47.6 Å².